The van der Waals surface area contributed by atoms with Crippen molar-refractivity contribution in [2.75, 3.05) is 5.32 Å². The third-order valence-corrected chi connectivity index (χ3v) is 4.78. The van der Waals surface area contributed by atoms with Crippen LogP contribution in [0.15, 0.2) is 42.5 Å². The van der Waals surface area contributed by atoms with E-state index in [0.29, 0.717) is 21.5 Å². The fourth-order valence-electron chi connectivity index (χ4n) is 3.05. The minimum atomic E-state index is -0.181. The van der Waals surface area contributed by atoms with Crippen LogP contribution >= 0.6 is 23.2 Å². The molecule has 1 aliphatic carbocycles. The van der Waals surface area contributed by atoms with Crippen LogP contribution < -0.4 is 10.1 Å². The van der Waals surface area contributed by atoms with E-state index >= 15 is 0 Å². The number of benzene rings is 2. The van der Waals surface area contributed by atoms with Gasteiger partial charge in [0.2, 0.25) is 5.91 Å². The number of carbonyl (C=O) groups is 2. The topological polar surface area (TPSA) is 55.4 Å². The van der Waals surface area contributed by atoms with E-state index < -0.39 is 0 Å². The van der Waals surface area contributed by atoms with Crippen molar-refractivity contribution in [2.45, 2.75) is 32.1 Å². The number of rotatable bonds is 5. The SMILES string of the molecule is O=C(Cc1ccc(OC(=O)C2CCCC2)cc1)Nc1cc(Cl)cc(Cl)c1. The summed E-state index contributed by atoms with van der Waals surface area (Å²) in [5.74, 6) is 0.183. The quantitative estimate of drug-likeness (QED) is 0.557. The summed E-state index contributed by atoms with van der Waals surface area (Å²) >= 11 is 11.8. The summed E-state index contributed by atoms with van der Waals surface area (Å²) in [5.41, 5.74) is 1.37. The first-order chi connectivity index (χ1) is 12.5. The van der Waals surface area contributed by atoms with Gasteiger partial charge in [0.1, 0.15) is 5.75 Å². The molecule has 136 valence electrons. The molecule has 1 N–H and O–H groups in total. The molecular formula is C20H19Cl2NO3. The first-order valence-corrected chi connectivity index (χ1v) is 9.32. The van der Waals surface area contributed by atoms with E-state index in [4.69, 9.17) is 27.9 Å². The Bertz CT molecular complexity index is 779. The maximum atomic E-state index is 12.2. The van der Waals surface area contributed by atoms with Crippen LogP contribution in [0.4, 0.5) is 5.69 Å². The van der Waals surface area contributed by atoms with Gasteiger partial charge >= 0.3 is 5.97 Å². The summed E-state index contributed by atoms with van der Waals surface area (Å²) in [7, 11) is 0. The molecule has 0 atom stereocenters. The van der Waals surface area contributed by atoms with Gasteiger partial charge in [-0.15, -0.1) is 0 Å². The van der Waals surface area contributed by atoms with Crippen LogP contribution in [-0.4, -0.2) is 11.9 Å². The zero-order valence-electron chi connectivity index (χ0n) is 14.1. The number of halogens is 2. The van der Waals surface area contributed by atoms with Gasteiger partial charge in [0, 0.05) is 15.7 Å². The monoisotopic (exact) mass is 391 g/mol. The molecule has 4 nitrogen and oxygen atoms in total. The van der Waals surface area contributed by atoms with E-state index in [9.17, 15) is 9.59 Å². The zero-order chi connectivity index (χ0) is 18.5. The fourth-order valence-corrected chi connectivity index (χ4v) is 3.58. The third-order valence-electron chi connectivity index (χ3n) is 4.34. The standard InChI is InChI=1S/C20H19Cl2NO3/c21-15-10-16(22)12-17(11-15)23-19(24)9-13-5-7-18(8-6-13)26-20(25)14-3-1-2-4-14/h5-8,10-12,14H,1-4,9H2,(H,23,24). The first-order valence-electron chi connectivity index (χ1n) is 8.56. The number of esters is 1. The van der Waals surface area contributed by atoms with Crippen LogP contribution in [0.5, 0.6) is 5.75 Å². The Morgan fingerprint density at radius 2 is 1.62 bits per heavy atom. The molecule has 0 aliphatic heterocycles. The van der Waals surface area contributed by atoms with E-state index in [2.05, 4.69) is 5.32 Å². The molecule has 0 bridgehead atoms. The number of anilines is 1. The maximum absolute atomic E-state index is 12.2. The Kier molecular flexibility index (Phi) is 6.17. The Balaban J connectivity index is 1.54. The van der Waals surface area contributed by atoms with Crippen molar-refractivity contribution in [2.24, 2.45) is 5.92 Å². The van der Waals surface area contributed by atoms with Crippen LogP contribution in [0, 0.1) is 5.92 Å². The van der Waals surface area contributed by atoms with Crippen molar-refractivity contribution >= 4 is 40.8 Å². The normalized spacial score (nSPS) is 14.2. The van der Waals surface area contributed by atoms with Gasteiger partial charge in [0.05, 0.1) is 12.3 Å². The van der Waals surface area contributed by atoms with Crippen LogP contribution in [-0.2, 0) is 16.0 Å². The van der Waals surface area contributed by atoms with E-state index in [1.165, 1.54) is 0 Å². The van der Waals surface area contributed by atoms with Crippen LogP contribution in [0.25, 0.3) is 0 Å². The van der Waals surface area contributed by atoms with Crippen molar-refractivity contribution in [3.8, 4) is 5.75 Å². The van der Waals surface area contributed by atoms with Crippen LogP contribution in [0.2, 0.25) is 10.0 Å². The van der Waals surface area contributed by atoms with Gasteiger partial charge in [-0.25, -0.2) is 0 Å². The van der Waals surface area contributed by atoms with Crippen LogP contribution in [0.3, 0.4) is 0 Å². The average molecular weight is 392 g/mol. The number of hydrogen-bond donors (Lipinski definition) is 1. The second-order valence-electron chi connectivity index (χ2n) is 6.43. The predicted octanol–water partition coefficient (Wildman–Crippen LogP) is 5.27. The summed E-state index contributed by atoms with van der Waals surface area (Å²) in [4.78, 5) is 24.2. The fraction of sp³-hybridized carbons (Fsp3) is 0.300. The van der Waals surface area contributed by atoms with Gasteiger partial charge in [-0.05, 0) is 48.7 Å². The van der Waals surface area contributed by atoms with Crippen molar-refractivity contribution in [3.63, 3.8) is 0 Å². The number of amides is 1. The molecule has 3 rings (SSSR count). The highest BCUT2D eigenvalue weighted by molar-refractivity contribution is 6.35. The van der Waals surface area contributed by atoms with Crippen molar-refractivity contribution in [3.05, 3.63) is 58.1 Å². The molecule has 1 amide bonds. The summed E-state index contributed by atoms with van der Waals surface area (Å²) in [6, 6.07) is 11.9. The molecule has 1 saturated carbocycles. The number of hydrogen-bond acceptors (Lipinski definition) is 3. The maximum Gasteiger partial charge on any atom is 0.314 e. The summed E-state index contributed by atoms with van der Waals surface area (Å²) < 4.78 is 5.41. The lowest BCUT2D eigenvalue weighted by Gasteiger charge is -2.10. The molecule has 0 saturated heterocycles. The van der Waals surface area contributed by atoms with Gasteiger partial charge < -0.3 is 10.1 Å². The molecule has 0 heterocycles. The first kappa shape index (κ1) is 18.7. The molecule has 2 aromatic carbocycles. The van der Waals surface area contributed by atoms with Gasteiger partial charge in [-0.1, -0.05) is 48.2 Å². The lowest BCUT2D eigenvalue weighted by molar-refractivity contribution is -0.138. The minimum absolute atomic E-state index is 0.0185. The Morgan fingerprint density at radius 3 is 2.23 bits per heavy atom. The lowest BCUT2D eigenvalue weighted by Crippen LogP contribution is -2.17. The highest BCUT2D eigenvalue weighted by atomic mass is 35.5. The average Bonchev–Trinajstić information content (AvgIpc) is 3.10. The molecular weight excluding hydrogens is 373 g/mol. The Hall–Kier alpha value is -2.04. The summed E-state index contributed by atoms with van der Waals surface area (Å²) in [6.45, 7) is 0. The van der Waals surface area contributed by atoms with Gasteiger partial charge in [-0.2, -0.15) is 0 Å². The van der Waals surface area contributed by atoms with Gasteiger partial charge in [0.25, 0.3) is 0 Å². The largest absolute Gasteiger partial charge is 0.426 e. The predicted molar refractivity (Wildman–Crippen MR) is 103 cm³/mol. The number of carbonyl (C=O) groups excluding carboxylic acids is 2. The Labute approximate surface area is 162 Å². The molecule has 0 radical (unpaired) electrons. The number of nitrogens with one attached hydrogen (secondary N) is 1. The second kappa shape index (κ2) is 8.56. The summed E-state index contributed by atoms with van der Waals surface area (Å²) in [6.07, 6.45) is 4.19. The lowest BCUT2D eigenvalue weighted by atomic mass is 10.1. The molecule has 0 aromatic heterocycles. The molecule has 2 aromatic rings. The van der Waals surface area contributed by atoms with Gasteiger partial charge in [-0.3, -0.25) is 9.59 Å². The van der Waals surface area contributed by atoms with E-state index in [-0.39, 0.29) is 24.2 Å². The summed E-state index contributed by atoms with van der Waals surface area (Å²) in [5, 5.41) is 3.68. The second-order valence-corrected chi connectivity index (χ2v) is 7.30. The van der Waals surface area contributed by atoms with E-state index in [1.807, 2.05) is 0 Å². The van der Waals surface area contributed by atoms with Crippen LogP contribution in [0.1, 0.15) is 31.2 Å². The molecule has 1 aliphatic rings. The molecule has 1 fully saturated rings. The highest BCUT2D eigenvalue weighted by Gasteiger charge is 2.24. The van der Waals surface area contributed by atoms with Crippen molar-refractivity contribution in [1.82, 2.24) is 0 Å². The zero-order valence-corrected chi connectivity index (χ0v) is 15.6. The van der Waals surface area contributed by atoms with E-state index in [0.717, 1.165) is 31.2 Å². The molecule has 26 heavy (non-hydrogen) atoms. The molecule has 0 spiro atoms. The van der Waals surface area contributed by atoms with Crippen molar-refractivity contribution < 1.29 is 14.3 Å². The molecule has 0 unspecified atom stereocenters. The van der Waals surface area contributed by atoms with Gasteiger partial charge in [0.15, 0.2) is 0 Å². The highest BCUT2D eigenvalue weighted by Crippen LogP contribution is 2.27. The molecule has 6 heteroatoms. The minimum Gasteiger partial charge on any atom is -0.426 e. The smallest absolute Gasteiger partial charge is 0.314 e. The number of ether oxygens (including phenoxy) is 1. The third kappa shape index (κ3) is 5.23. The van der Waals surface area contributed by atoms with Crippen molar-refractivity contribution in [1.29, 1.82) is 0 Å². The Morgan fingerprint density at radius 1 is 1.00 bits per heavy atom. The van der Waals surface area contributed by atoms with E-state index in [1.54, 1.807) is 42.5 Å².